The average molecular weight is 244 g/mol. The Bertz CT molecular complexity index is 238. The first kappa shape index (κ1) is 12.7. The van der Waals surface area contributed by atoms with Gasteiger partial charge in [-0.05, 0) is 37.4 Å². The minimum atomic E-state index is -0.604. The molecule has 2 fully saturated rings. The predicted octanol–water partition coefficient (Wildman–Crippen LogP) is 2.43. The Hall–Kier alpha value is 0.270. The molecule has 0 aromatic rings. The third-order valence-corrected chi connectivity index (χ3v) is 5.92. The Morgan fingerprint density at radius 2 is 2.12 bits per heavy atom. The molecule has 2 nitrogen and oxygen atoms in total. The zero-order valence-electron chi connectivity index (χ0n) is 10.2. The lowest BCUT2D eigenvalue weighted by molar-refractivity contribution is -0.133. The van der Waals surface area contributed by atoms with Crippen molar-refractivity contribution in [2.75, 3.05) is 18.1 Å². The van der Waals surface area contributed by atoms with Gasteiger partial charge in [0.1, 0.15) is 0 Å². The van der Waals surface area contributed by atoms with Crippen LogP contribution in [0.5, 0.6) is 0 Å². The summed E-state index contributed by atoms with van der Waals surface area (Å²) in [6, 6.07) is 0. The molecule has 2 N–H and O–H groups in total. The predicted molar refractivity (Wildman–Crippen MR) is 68.7 cm³/mol. The van der Waals surface area contributed by atoms with Crippen LogP contribution in [0, 0.1) is 11.3 Å². The number of aliphatic hydroxyl groups excluding tert-OH is 1. The Kier molecular flexibility index (Phi) is 3.87. The maximum atomic E-state index is 10.9. The van der Waals surface area contributed by atoms with E-state index in [1.54, 1.807) is 0 Å². The summed E-state index contributed by atoms with van der Waals surface area (Å²) >= 11 is 1.90. The molecule has 1 saturated heterocycles. The van der Waals surface area contributed by atoms with E-state index in [1.165, 1.54) is 12.2 Å². The van der Waals surface area contributed by atoms with E-state index in [9.17, 15) is 10.2 Å². The fourth-order valence-electron chi connectivity index (χ4n) is 3.50. The van der Waals surface area contributed by atoms with Crippen molar-refractivity contribution in [3.05, 3.63) is 0 Å². The monoisotopic (exact) mass is 244 g/mol. The molecule has 16 heavy (non-hydrogen) atoms. The fraction of sp³-hybridized carbons (Fsp3) is 1.00. The highest BCUT2D eigenvalue weighted by atomic mass is 32.2. The van der Waals surface area contributed by atoms with E-state index >= 15 is 0 Å². The summed E-state index contributed by atoms with van der Waals surface area (Å²) in [5.74, 6) is 2.73. The summed E-state index contributed by atoms with van der Waals surface area (Å²) in [6.45, 7) is 2.38. The lowest BCUT2D eigenvalue weighted by atomic mass is 9.62. The summed E-state index contributed by atoms with van der Waals surface area (Å²) in [7, 11) is 0. The molecule has 2 rings (SSSR count). The molecule has 0 radical (unpaired) electrons. The van der Waals surface area contributed by atoms with Crippen molar-refractivity contribution < 1.29 is 10.2 Å². The Balaban J connectivity index is 2.17. The highest BCUT2D eigenvalue weighted by Gasteiger charge is 2.51. The molecule has 3 heteroatoms. The second-order valence-corrected chi connectivity index (χ2v) is 6.93. The van der Waals surface area contributed by atoms with Crippen molar-refractivity contribution >= 4 is 11.8 Å². The van der Waals surface area contributed by atoms with Crippen molar-refractivity contribution in [1.82, 2.24) is 0 Å². The molecule has 0 spiro atoms. The van der Waals surface area contributed by atoms with Crippen molar-refractivity contribution in [2.45, 2.75) is 51.0 Å². The SMILES string of the molecule is CC1CCCC(O)(C2(CO)CCCSC2)C1. The molecular weight excluding hydrogens is 220 g/mol. The van der Waals surface area contributed by atoms with Gasteiger partial charge in [-0.3, -0.25) is 0 Å². The maximum Gasteiger partial charge on any atom is 0.0736 e. The maximum absolute atomic E-state index is 10.9. The average Bonchev–Trinajstić information content (AvgIpc) is 2.29. The van der Waals surface area contributed by atoms with Crippen LogP contribution in [0.2, 0.25) is 0 Å². The van der Waals surface area contributed by atoms with Crippen LogP contribution in [0.4, 0.5) is 0 Å². The third-order valence-electron chi connectivity index (χ3n) is 4.59. The fourth-order valence-corrected chi connectivity index (χ4v) is 4.88. The molecule has 2 aliphatic rings. The van der Waals surface area contributed by atoms with Gasteiger partial charge < -0.3 is 10.2 Å². The Labute approximate surface area is 103 Å². The molecule has 0 bridgehead atoms. The van der Waals surface area contributed by atoms with E-state index in [2.05, 4.69) is 6.92 Å². The lowest BCUT2D eigenvalue weighted by Crippen LogP contribution is -2.55. The highest BCUT2D eigenvalue weighted by Crippen LogP contribution is 2.50. The molecular formula is C13H24O2S. The van der Waals surface area contributed by atoms with E-state index in [4.69, 9.17) is 0 Å². The number of hydrogen-bond acceptors (Lipinski definition) is 3. The molecule has 3 atom stereocenters. The van der Waals surface area contributed by atoms with E-state index in [0.29, 0.717) is 5.92 Å². The summed E-state index contributed by atoms with van der Waals surface area (Å²) in [6.07, 6.45) is 6.26. The van der Waals surface area contributed by atoms with Crippen LogP contribution in [0.1, 0.15) is 45.4 Å². The van der Waals surface area contributed by atoms with Gasteiger partial charge in [0.2, 0.25) is 0 Å². The minimum absolute atomic E-state index is 0.156. The zero-order valence-corrected chi connectivity index (χ0v) is 11.1. The number of aliphatic hydroxyl groups is 2. The number of thioether (sulfide) groups is 1. The smallest absolute Gasteiger partial charge is 0.0736 e. The second kappa shape index (κ2) is 4.87. The summed E-state index contributed by atoms with van der Waals surface area (Å²) in [5.41, 5.74) is -0.822. The van der Waals surface area contributed by atoms with Gasteiger partial charge in [0.25, 0.3) is 0 Å². The van der Waals surface area contributed by atoms with Crippen molar-refractivity contribution in [1.29, 1.82) is 0 Å². The van der Waals surface area contributed by atoms with E-state index < -0.39 is 5.60 Å². The number of rotatable bonds is 2. The van der Waals surface area contributed by atoms with Crippen LogP contribution in [0.3, 0.4) is 0 Å². The van der Waals surface area contributed by atoms with Gasteiger partial charge in [0, 0.05) is 11.2 Å². The van der Waals surface area contributed by atoms with Crippen molar-refractivity contribution in [2.24, 2.45) is 11.3 Å². The largest absolute Gasteiger partial charge is 0.396 e. The van der Waals surface area contributed by atoms with Gasteiger partial charge in [0.05, 0.1) is 12.2 Å². The van der Waals surface area contributed by atoms with Crippen LogP contribution in [0.15, 0.2) is 0 Å². The quantitative estimate of drug-likeness (QED) is 0.784. The molecule has 1 saturated carbocycles. The van der Waals surface area contributed by atoms with Crippen LogP contribution in [-0.4, -0.2) is 33.9 Å². The molecule has 1 aliphatic carbocycles. The van der Waals surface area contributed by atoms with E-state index in [1.807, 2.05) is 11.8 Å². The van der Waals surface area contributed by atoms with Gasteiger partial charge >= 0.3 is 0 Å². The van der Waals surface area contributed by atoms with Gasteiger partial charge in [-0.15, -0.1) is 0 Å². The van der Waals surface area contributed by atoms with E-state index in [-0.39, 0.29) is 12.0 Å². The summed E-state index contributed by atoms with van der Waals surface area (Å²) in [4.78, 5) is 0. The van der Waals surface area contributed by atoms with E-state index in [0.717, 1.165) is 37.9 Å². The summed E-state index contributed by atoms with van der Waals surface area (Å²) in [5, 5.41) is 20.7. The van der Waals surface area contributed by atoms with Crippen molar-refractivity contribution in [3.63, 3.8) is 0 Å². The van der Waals surface area contributed by atoms with Crippen LogP contribution in [-0.2, 0) is 0 Å². The van der Waals surface area contributed by atoms with Crippen LogP contribution >= 0.6 is 11.8 Å². The second-order valence-electron chi connectivity index (χ2n) is 5.83. The highest BCUT2D eigenvalue weighted by molar-refractivity contribution is 7.99. The molecule has 1 heterocycles. The standard InChI is InChI=1S/C13H24O2S/c1-11-4-2-6-13(15,8-11)12(9-14)5-3-7-16-10-12/h11,14-15H,2-10H2,1H3. The van der Waals surface area contributed by atoms with Gasteiger partial charge in [-0.1, -0.05) is 19.8 Å². The van der Waals surface area contributed by atoms with Crippen LogP contribution in [0.25, 0.3) is 0 Å². The zero-order chi connectivity index (χ0) is 11.6. The normalized spacial score (nSPS) is 45.6. The topological polar surface area (TPSA) is 40.5 Å². The molecule has 0 aromatic heterocycles. The Morgan fingerprint density at radius 1 is 1.31 bits per heavy atom. The number of hydrogen-bond donors (Lipinski definition) is 2. The molecule has 1 aliphatic heterocycles. The molecule has 0 aromatic carbocycles. The molecule has 3 unspecified atom stereocenters. The summed E-state index contributed by atoms with van der Waals surface area (Å²) < 4.78 is 0. The van der Waals surface area contributed by atoms with Gasteiger partial charge in [0.15, 0.2) is 0 Å². The Morgan fingerprint density at radius 3 is 2.69 bits per heavy atom. The van der Waals surface area contributed by atoms with Gasteiger partial charge in [-0.2, -0.15) is 11.8 Å². The third kappa shape index (κ3) is 2.14. The molecule has 0 amide bonds. The lowest BCUT2D eigenvalue weighted by Gasteiger charge is -2.51. The van der Waals surface area contributed by atoms with Gasteiger partial charge in [-0.25, -0.2) is 0 Å². The molecule has 94 valence electrons. The van der Waals surface area contributed by atoms with Crippen molar-refractivity contribution in [3.8, 4) is 0 Å². The first-order valence-corrected chi connectivity index (χ1v) is 7.68. The minimum Gasteiger partial charge on any atom is -0.396 e. The first-order valence-electron chi connectivity index (χ1n) is 6.53. The first-order chi connectivity index (χ1) is 7.62. The van der Waals surface area contributed by atoms with Crippen LogP contribution < -0.4 is 0 Å².